The van der Waals surface area contributed by atoms with E-state index in [1.54, 1.807) is 0 Å². The highest BCUT2D eigenvalue weighted by molar-refractivity contribution is 6.01. The Hall–Kier alpha value is -2.27. The number of para-hydroxylation sites is 1. The van der Waals surface area contributed by atoms with Crippen LogP contribution in [0.5, 0.6) is 0 Å². The highest BCUT2D eigenvalue weighted by atomic mass is 19.1. The molecule has 0 radical (unpaired) electrons. The largest absolute Gasteiger partial charge is 0.322 e. The van der Waals surface area contributed by atoms with Crippen molar-refractivity contribution in [3.05, 3.63) is 65.2 Å². The van der Waals surface area contributed by atoms with E-state index in [9.17, 15) is 13.6 Å². The Kier molecular flexibility index (Phi) is 3.43. The number of rotatable bonds is 3. The predicted molar refractivity (Wildman–Crippen MR) is 75.8 cm³/mol. The van der Waals surface area contributed by atoms with Crippen LogP contribution in [-0.4, -0.2) is 12.5 Å². The summed E-state index contributed by atoms with van der Waals surface area (Å²) < 4.78 is 27.5. The van der Waals surface area contributed by atoms with Gasteiger partial charge >= 0.3 is 0 Å². The minimum absolute atomic E-state index is 0.0493. The number of hydrogen-bond acceptors (Lipinski definition) is 2. The topological polar surface area (TPSA) is 46.3 Å². The summed E-state index contributed by atoms with van der Waals surface area (Å²) in [5.74, 6) is -1.49. The van der Waals surface area contributed by atoms with Crippen LogP contribution in [0.15, 0.2) is 42.5 Å². The predicted octanol–water partition coefficient (Wildman–Crippen LogP) is 2.55. The maximum absolute atomic E-state index is 13.7. The van der Waals surface area contributed by atoms with Crippen LogP contribution in [-0.2, 0) is 11.2 Å². The first kappa shape index (κ1) is 13.7. The fourth-order valence-corrected chi connectivity index (χ4v) is 2.67. The molecule has 1 amide bonds. The lowest BCUT2D eigenvalue weighted by Gasteiger charge is -2.22. The molecule has 5 heteroatoms. The zero-order chi connectivity index (χ0) is 15.0. The van der Waals surface area contributed by atoms with Gasteiger partial charge in [0, 0.05) is 17.8 Å². The standard InChI is InChI=1S/C16H14F2N2O/c17-11-5-3-6-12(18)16(11)13(19)9-20-14-7-2-1-4-10(14)8-15(20)21/h1-7,13H,8-9,19H2. The van der Waals surface area contributed by atoms with Crippen molar-refractivity contribution >= 4 is 11.6 Å². The van der Waals surface area contributed by atoms with Crippen LogP contribution in [0, 0.1) is 11.6 Å². The molecule has 0 aromatic heterocycles. The molecule has 3 nitrogen and oxygen atoms in total. The average Bonchev–Trinajstić information content (AvgIpc) is 2.75. The summed E-state index contributed by atoms with van der Waals surface area (Å²) in [6.45, 7) is 0.0493. The van der Waals surface area contributed by atoms with Gasteiger partial charge in [-0.25, -0.2) is 8.78 Å². The SMILES string of the molecule is NC(CN1C(=O)Cc2ccccc21)c1c(F)cccc1F. The second-order valence-corrected chi connectivity index (χ2v) is 5.05. The molecule has 1 aliphatic heterocycles. The highest BCUT2D eigenvalue weighted by Crippen LogP contribution is 2.30. The summed E-state index contributed by atoms with van der Waals surface area (Å²) in [5.41, 5.74) is 7.40. The van der Waals surface area contributed by atoms with E-state index in [-0.39, 0.29) is 18.0 Å². The molecular formula is C16H14F2N2O. The van der Waals surface area contributed by atoms with E-state index < -0.39 is 17.7 Å². The van der Waals surface area contributed by atoms with Crippen molar-refractivity contribution in [1.29, 1.82) is 0 Å². The number of nitrogens with zero attached hydrogens (tertiary/aromatic N) is 1. The molecule has 108 valence electrons. The maximum Gasteiger partial charge on any atom is 0.231 e. The number of carbonyl (C=O) groups excluding carboxylic acids is 1. The first-order chi connectivity index (χ1) is 10.1. The molecule has 0 aliphatic carbocycles. The van der Waals surface area contributed by atoms with E-state index in [0.29, 0.717) is 6.42 Å². The zero-order valence-corrected chi connectivity index (χ0v) is 11.2. The van der Waals surface area contributed by atoms with Crippen LogP contribution in [0.3, 0.4) is 0 Å². The molecule has 3 rings (SSSR count). The summed E-state index contributed by atoms with van der Waals surface area (Å²) >= 11 is 0. The van der Waals surface area contributed by atoms with Gasteiger partial charge < -0.3 is 10.6 Å². The second kappa shape index (κ2) is 5.26. The van der Waals surface area contributed by atoms with Crippen molar-refractivity contribution in [2.75, 3.05) is 11.4 Å². The summed E-state index contributed by atoms with van der Waals surface area (Å²) in [4.78, 5) is 13.5. The molecule has 0 bridgehead atoms. The maximum atomic E-state index is 13.7. The van der Waals surface area contributed by atoms with Crippen molar-refractivity contribution < 1.29 is 13.6 Å². The molecule has 2 N–H and O–H groups in total. The van der Waals surface area contributed by atoms with E-state index in [0.717, 1.165) is 23.4 Å². The molecule has 1 aliphatic rings. The van der Waals surface area contributed by atoms with E-state index in [2.05, 4.69) is 0 Å². The van der Waals surface area contributed by atoms with Crippen LogP contribution in [0.1, 0.15) is 17.2 Å². The third kappa shape index (κ3) is 2.40. The number of carbonyl (C=O) groups is 1. The minimum Gasteiger partial charge on any atom is -0.322 e. The van der Waals surface area contributed by atoms with Gasteiger partial charge in [-0.1, -0.05) is 24.3 Å². The van der Waals surface area contributed by atoms with Gasteiger partial charge in [0.2, 0.25) is 5.91 Å². The molecule has 0 fully saturated rings. The smallest absolute Gasteiger partial charge is 0.231 e. The number of hydrogen-bond donors (Lipinski definition) is 1. The van der Waals surface area contributed by atoms with Gasteiger partial charge in [-0.15, -0.1) is 0 Å². The first-order valence-corrected chi connectivity index (χ1v) is 6.65. The van der Waals surface area contributed by atoms with Gasteiger partial charge in [-0.05, 0) is 23.8 Å². The Balaban J connectivity index is 1.89. The van der Waals surface area contributed by atoms with Crippen LogP contribution in [0.25, 0.3) is 0 Å². The van der Waals surface area contributed by atoms with Crippen molar-refractivity contribution in [2.24, 2.45) is 5.73 Å². The van der Waals surface area contributed by atoms with E-state index >= 15 is 0 Å². The lowest BCUT2D eigenvalue weighted by Crippen LogP contribution is -2.35. The molecule has 21 heavy (non-hydrogen) atoms. The third-order valence-corrected chi connectivity index (χ3v) is 3.67. The molecule has 2 aromatic rings. The molecule has 1 atom stereocenters. The van der Waals surface area contributed by atoms with Crippen LogP contribution in [0.2, 0.25) is 0 Å². The monoisotopic (exact) mass is 288 g/mol. The van der Waals surface area contributed by atoms with Crippen LogP contribution < -0.4 is 10.6 Å². The van der Waals surface area contributed by atoms with Gasteiger partial charge in [-0.2, -0.15) is 0 Å². The number of fused-ring (bicyclic) bond motifs is 1. The lowest BCUT2D eigenvalue weighted by atomic mass is 10.1. The normalized spacial score (nSPS) is 15.2. The zero-order valence-electron chi connectivity index (χ0n) is 11.2. The fraction of sp³-hybridized carbons (Fsp3) is 0.188. The number of anilines is 1. The molecule has 0 saturated carbocycles. The number of nitrogens with two attached hydrogens (primary N) is 1. The Bertz CT molecular complexity index is 682. The van der Waals surface area contributed by atoms with Gasteiger partial charge in [0.1, 0.15) is 11.6 Å². The number of benzene rings is 2. The van der Waals surface area contributed by atoms with E-state index in [4.69, 9.17) is 5.73 Å². The van der Waals surface area contributed by atoms with Gasteiger partial charge in [0.25, 0.3) is 0 Å². The summed E-state index contributed by atoms with van der Waals surface area (Å²) in [5, 5.41) is 0. The quantitative estimate of drug-likeness (QED) is 0.943. The Morgan fingerprint density at radius 3 is 2.48 bits per heavy atom. The van der Waals surface area contributed by atoms with Gasteiger partial charge in [0.15, 0.2) is 0 Å². The summed E-state index contributed by atoms with van der Waals surface area (Å²) in [6.07, 6.45) is 0.294. The van der Waals surface area contributed by atoms with Crippen molar-refractivity contribution in [3.63, 3.8) is 0 Å². The van der Waals surface area contributed by atoms with Crippen LogP contribution >= 0.6 is 0 Å². The average molecular weight is 288 g/mol. The molecule has 1 unspecified atom stereocenters. The Labute approximate surface area is 121 Å². The summed E-state index contributed by atoms with van der Waals surface area (Å²) in [6, 6.07) is 10.0. The third-order valence-electron chi connectivity index (χ3n) is 3.67. The van der Waals surface area contributed by atoms with Crippen LogP contribution in [0.4, 0.5) is 14.5 Å². The fourth-order valence-electron chi connectivity index (χ4n) is 2.67. The highest BCUT2D eigenvalue weighted by Gasteiger charge is 2.29. The Morgan fingerprint density at radius 2 is 1.76 bits per heavy atom. The van der Waals surface area contributed by atoms with Crippen molar-refractivity contribution in [1.82, 2.24) is 0 Å². The molecule has 0 spiro atoms. The molecular weight excluding hydrogens is 274 g/mol. The number of amides is 1. The second-order valence-electron chi connectivity index (χ2n) is 5.05. The summed E-state index contributed by atoms with van der Waals surface area (Å²) in [7, 11) is 0. The first-order valence-electron chi connectivity index (χ1n) is 6.65. The number of halogens is 2. The van der Waals surface area contributed by atoms with E-state index in [1.165, 1.54) is 11.0 Å². The Morgan fingerprint density at radius 1 is 1.10 bits per heavy atom. The lowest BCUT2D eigenvalue weighted by molar-refractivity contribution is -0.117. The molecule has 1 heterocycles. The minimum atomic E-state index is -0.915. The van der Waals surface area contributed by atoms with Crippen molar-refractivity contribution in [2.45, 2.75) is 12.5 Å². The van der Waals surface area contributed by atoms with Gasteiger partial charge in [0.05, 0.1) is 12.5 Å². The van der Waals surface area contributed by atoms with E-state index in [1.807, 2.05) is 24.3 Å². The molecule has 2 aromatic carbocycles. The van der Waals surface area contributed by atoms with Crippen molar-refractivity contribution in [3.8, 4) is 0 Å². The molecule has 0 saturated heterocycles. The van der Waals surface area contributed by atoms with Gasteiger partial charge in [-0.3, -0.25) is 4.79 Å².